The van der Waals surface area contributed by atoms with Crippen LogP contribution in [0, 0.1) is 17.0 Å². The summed E-state index contributed by atoms with van der Waals surface area (Å²) in [5, 5.41) is 26.6. The van der Waals surface area contributed by atoms with Crippen molar-refractivity contribution in [1.29, 1.82) is 0 Å². The predicted octanol–water partition coefficient (Wildman–Crippen LogP) is 2.76. The second kappa shape index (κ2) is 7.35. The molecular formula is C17H21N3O5. The summed E-state index contributed by atoms with van der Waals surface area (Å²) in [6.45, 7) is 4.86. The molecule has 0 saturated carbocycles. The molecule has 2 amide bonds. The molecule has 0 aliphatic carbocycles. The fourth-order valence-electron chi connectivity index (χ4n) is 2.35. The minimum atomic E-state index is -1.34. The van der Waals surface area contributed by atoms with Gasteiger partial charge in [0.15, 0.2) is 0 Å². The molecule has 2 rings (SSSR count). The summed E-state index contributed by atoms with van der Waals surface area (Å²) in [5.74, 6) is 0.343. The van der Waals surface area contributed by atoms with E-state index in [1.165, 1.54) is 19.3 Å². The lowest BCUT2D eigenvalue weighted by molar-refractivity contribution is -0.385. The average Bonchev–Trinajstić information content (AvgIpc) is 3.08. The van der Waals surface area contributed by atoms with Gasteiger partial charge in [0.2, 0.25) is 0 Å². The number of urea groups is 1. The molecule has 0 unspecified atom stereocenters. The second-order valence-electron chi connectivity index (χ2n) is 6.10. The van der Waals surface area contributed by atoms with Gasteiger partial charge in [-0.25, -0.2) is 4.79 Å². The number of rotatable bonds is 6. The number of aryl methyl sites for hydroxylation is 1. The molecule has 3 N–H and O–H groups in total. The van der Waals surface area contributed by atoms with E-state index in [4.69, 9.17) is 4.42 Å². The van der Waals surface area contributed by atoms with Crippen molar-refractivity contribution in [2.45, 2.75) is 32.4 Å². The number of aliphatic hydroxyl groups is 1. The molecule has 0 saturated heterocycles. The first-order valence-corrected chi connectivity index (χ1v) is 7.76. The van der Waals surface area contributed by atoms with Crippen LogP contribution in [0.2, 0.25) is 0 Å². The summed E-state index contributed by atoms with van der Waals surface area (Å²) in [6.07, 6.45) is 1.44. The molecule has 1 heterocycles. The van der Waals surface area contributed by atoms with Crippen molar-refractivity contribution in [3.05, 3.63) is 63.6 Å². The standard InChI is InChI=1S/C17H21N3O5/c1-11-6-7-13(9-14(11)20(23)24)12(2)19-16(21)18-10-17(3,22)15-5-4-8-25-15/h4-9,12,22H,10H2,1-3H3,(H2,18,19,21)/t12-,17-/m1/s1. The number of hydrogen-bond donors (Lipinski definition) is 3. The summed E-state index contributed by atoms with van der Waals surface area (Å²) in [4.78, 5) is 22.6. The Kier molecular flexibility index (Phi) is 5.43. The van der Waals surface area contributed by atoms with Crippen molar-refractivity contribution in [3.63, 3.8) is 0 Å². The number of benzene rings is 1. The number of furan rings is 1. The van der Waals surface area contributed by atoms with Crippen LogP contribution in [-0.2, 0) is 5.60 Å². The molecule has 134 valence electrons. The van der Waals surface area contributed by atoms with E-state index >= 15 is 0 Å². The minimum absolute atomic E-state index is 0.00677. The Morgan fingerprint density at radius 2 is 2.16 bits per heavy atom. The number of hydrogen-bond acceptors (Lipinski definition) is 5. The van der Waals surface area contributed by atoms with Crippen molar-refractivity contribution in [3.8, 4) is 0 Å². The Hall–Kier alpha value is -2.87. The van der Waals surface area contributed by atoms with Gasteiger partial charge < -0.3 is 20.2 Å². The summed E-state index contributed by atoms with van der Waals surface area (Å²) >= 11 is 0. The molecule has 1 aromatic heterocycles. The van der Waals surface area contributed by atoms with Crippen LogP contribution in [0.1, 0.15) is 36.8 Å². The number of nitro benzene ring substituents is 1. The number of nitrogens with one attached hydrogen (secondary N) is 2. The topological polar surface area (TPSA) is 118 Å². The lowest BCUT2D eigenvalue weighted by Crippen LogP contribution is -2.44. The minimum Gasteiger partial charge on any atom is -0.466 e. The summed E-state index contributed by atoms with van der Waals surface area (Å²) < 4.78 is 5.14. The van der Waals surface area contributed by atoms with Crippen molar-refractivity contribution < 1.29 is 19.2 Å². The predicted molar refractivity (Wildman–Crippen MR) is 91.1 cm³/mol. The largest absolute Gasteiger partial charge is 0.466 e. The molecule has 0 fully saturated rings. The summed E-state index contributed by atoms with van der Waals surface area (Å²) in [7, 11) is 0. The third kappa shape index (κ3) is 4.57. The van der Waals surface area contributed by atoms with Gasteiger partial charge in [0.05, 0.1) is 23.8 Å². The van der Waals surface area contributed by atoms with Gasteiger partial charge in [0, 0.05) is 11.6 Å². The van der Waals surface area contributed by atoms with Crippen molar-refractivity contribution in [2.75, 3.05) is 6.54 Å². The van der Waals surface area contributed by atoms with Gasteiger partial charge in [0.1, 0.15) is 11.4 Å². The first-order chi connectivity index (χ1) is 11.7. The van der Waals surface area contributed by atoms with E-state index in [-0.39, 0.29) is 12.2 Å². The van der Waals surface area contributed by atoms with Crippen molar-refractivity contribution >= 4 is 11.7 Å². The fraction of sp³-hybridized carbons (Fsp3) is 0.353. The highest BCUT2D eigenvalue weighted by Crippen LogP contribution is 2.23. The normalized spacial score (nSPS) is 14.4. The van der Waals surface area contributed by atoms with Crippen LogP contribution in [0.5, 0.6) is 0 Å². The van der Waals surface area contributed by atoms with Gasteiger partial charge in [-0.05, 0) is 38.5 Å². The van der Waals surface area contributed by atoms with E-state index in [9.17, 15) is 20.0 Å². The lowest BCUT2D eigenvalue weighted by atomic mass is 10.0. The number of carbonyl (C=O) groups excluding carboxylic acids is 1. The van der Waals surface area contributed by atoms with Crippen LogP contribution < -0.4 is 10.6 Å². The maximum Gasteiger partial charge on any atom is 0.315 e. The average molecular weight is 347 g/mol. The molecule has 0 radical (unpaired) electrons. The first kappa shape index (κ1) is 18.5. The number of nitro groups is 1. The van der Waals surface area contributed by atoms with Crippen LogP contribution >= 0.6 is 0 Å². The van der Waals surface area contributed by atoms with Crippen LogP contribution in [0.4, 0.5) is 10.5 Å². The maximum absolute atomic E-state index is 12.0. The molecule has 2 aromatic rings. The van der Waals surface area contributed by atoms with E-state index in [2.05, 4.69) is 10.6 Å². The van der Waals surface area contributed by atoms with Gasteiger partial charge in [-0.1, -0.05) is 12.1 Å². The first-order valence-electron chi connectivity index (χ1n) is 7.76. The molecule has 0 aliphatic rings. The second-order valence-corrected chi connectivity index (χ2v) is 6.10. The molecular weight excluding hydrogens is 326 g/mol. The molecule has 8 nitrogen and oxygen atoms in total. The van der Waals surface area contributed by atoms with Crippen LogP contribution in [0.15, 0.2) is 41.0 Å². The van der Waals surface area contributed by atoms with E-state index in [1.54, 1.807) is 38.1 Å². The Labute approximate surface area is 145 Å². The quantitative estimate of drug-likeness (QED) is 0.548. The van der Waals surface area contributed by atoms with E-state index in [1.807, 2.05) is 0 Å². The molecule has 0 aliphatic heterocycles. The van der Waals surface area contributed by atoms with Crippen LogP contribution in [0.3, 0.4) is 0 Å². The zero-order valence-corrected chi connectivity index (χ0v) is 14.3. The molecule has 1 aromatic carbocycles. The van der Waals surface area contributed by atoms with Gasteiger partial charge in [0.25, 0.3) is 5.69 Å². The van der Waals surface area contributed by atoms with E-state index < -0.39 is 22.6 Å². The third-order valence-electron chi connectivity index (χ3n) is 3.92. The maximum atomic E-state index is 12.0. The Bertz CT molecular complexity index is 756. The Morgan fingerprint density at radius 1 is 1.44 bits per heavy atom. The van der Waals surface area contributed by atoms with Gasteiger partial charge in [-0.2, -0.15) is 0 Å². The number of amides is 2. The highest BCUT2D eigenvalue weighted by molar-refractivity contribution is 5.74. The molecule has 2 atom stereocenters. The molecule has 25 heavy (non-hydrogen) atoms. The SMILES string of the molecule is Cc1ccc([C@@H](C)NC(=O)NC[C@@](C)(O)c2ccco2)cc1[N+](=O)[O-]. The van der Waals surface area contributed by atoms with Crippen molar-refractivity contribution in [1.82, 2.24) is 10.6 Å². The lowest BCUT2D eigenvalue weighted by Gasteiger charge is -2.22. The molecule has 0 bridgehead atoms. The fourth-order valence-corrected chi connectivity index (χ4v) is 2.35. The molecule has 0 spiro atoms. The van der Waals surface area contributed by atoms with Crippen molar-refractivity contribution in [2.24, 2.45) is 0 Å². The zero-order valence-electron chi connectivity index (χ0n) is 14.3. The monoisotopic (exact) mass is 347 g/mol. The third-order valence-corrected chi connectivity index (χ3v) is 3.92. The van der Waals surface area contributed by atoms with E-state index in [0.29, 0.717) is 16.9 Å². The highest BCUT2D eigenvalue weighted by Gasteiger charge is 2.27. The zero-order chi connectivity index (χ0) is 18.6. The van der Waals surface area contributed by atoms with E-state index in [0.717, 1.165) is 0 Å². The highest BCUT2D eigenvalue weighted by atomic mass is 16.6. The number of carbonyl (C=O) groups is 1. The van der Waals surface area contributed by atoms with Crippen LogP contribution in [0.25, 0.3) is 0 Å². The van der Waals surface area contributed by atoms with Gasteiger partial charge >= 0.3 is 6.03 Å². The summed E-state index contributed by atoms with van der Waals surface area (Å²) in [6, 6.07) is 7.15. The van der Waals surface area contributed by atoms with Gasteiger partial charge in [-0.15, -0.1) is 0 Å². The van der Waals surface area contributed by atoms with Gasteiger partial charge in [-0.3, -0.25) is 10.1 Å². The summed E-state index contributed by atoms with van der Waals surface area (Å²) in [5.41, 5.74) is -0.162. The molecule has 8 heteroatoms. The Morgan fingerprint density at radius 3 is 2.76 bits per heavy atom. The number of nitrogens with zero attached hydrogens (tertiary/aromatic N) is 1. The Balaban J connectivity index is 1.96. The van der Waals surface area contributed by atoms with Crippen LogP contribution in [-0.4, -0.2) is 22.6 Å². The smallest absolute Gasteiger partial charge is 0.315 e.